The third-order valence-corrected chi connectivity index (χ3v) is 5.49. The maximum atomic E-state index is 6.07. The monoisotopic (exact) mass is 297 g/mol. The molecule has 2 aromatic carbocycles. The van der Waals surface area contributed by atoms with Crippen LogP contribution in [-0.4, -0.2) is 18.5 Å². The van der Waals surface area contributed by atoms with Crippen molar-refractivity contribution in [3.8, 4) is 0 Å². The number of rotatable bonds is 1. The lowest BCUT2D eigenvalue weighted by atomic mass is 9.80. The Hall–Kier alpha value is -1.31. The van der Waals surface area contributed by atoms with Gasteiger partial charge in [-0.05, 0) is 61.2 Å². The molecule has 0 spiro atoms. The molecule has 2 aliphatic rings. The SMILES string of the molecule is CN1CCCC2C(c3ccc(Cl)cc3)c3ccccc3C21. The number of fused-ring (bicyclic) bond motifs is 3. The van der Waals surface area contributed by atoms with Crippen molar-refractivity contribution < 1.29 is 0 Å². The van der Waals surface area contributed by atoms with E-state index in [2.05, 4.69) is 48.3 Å². The Morgan fingerprint density at radius 2 is 1.71 bits per heavy atom. The van der Waals surface area contributed by atoms with Crippen LogP contribution >= 0.6 is 11.6 Å². The molecule has 3 atom stereocenters. The quantitative estimate of drug-likeness (QED) is 0.726. The van der Waals surface area contributed by atoms with Gasteiger partial charge in [-0.1, -0.05) is 48.0 Å². The van der Waals surface area contributed by atoms with Crippen molar-refractivity contribution in [2.75, 3.05) is 13.6 Å². The maximum Gasteiger partial charge on any atom is 0.0406 e. The summed E-state index contributed by atoms with van der Waals surface area (Å²) in [6, 6.07) is 18.1. The van der Waals surface area contributed by atoms with E-state index in [4.69, 9.17) is 11.6 Å². The molecule has 1 fully saturated rings. The molecule has 0 N–H and O–H groups in total. The number of hydrogen-bond donors (Lipinski definition) is 0. The van der Waals surface area contributed by atoms with Gasteiger partial charge in [-0.3, -0.25) is 4.90 Å². The average Bonchev–Trinajstić information content (AvgIpc) is 2.84. The maximum absolute atomic E-state index is 6.07. The van der Waals surface area contributed by atoms with Crippen LogP contribution in [0.25, 0.3) is 0 Å². The summed E-state index contributed by atoms with van der Waals surface area (Å²) in [5, 5.41) is 0.822. The van der Waals surface area contributed by atoms with E-state index in [9.17, 15) is 0 Å². The van der Waals surface area contributed by atoms with E-state index in [0.29, 0.717) is 17.9 Å². The van der Waals surface area contributed by atoms with E-state index in [1.54, 1.807) is 0 Å². The Balaban J connectivity index is 1.84. The molecule has 1 heterocycles. The highest BCUT2D eigenvalue weighted by molar-refractivity contribution is 6.30. The third-order valence-electron chi connectivity index (χ3n) is 5.24. The van der Waals surface area contributed by atoms with Crippen LogP contribution in [0.2, 0.25) is 5.02 Å². The fraction of sp³-hybridized carbons (Fsp3) is 0.368. The zero-order chi connectivity index (χ0) is 14.4. The van der Waals surface area contributed by atoms with Gasteiger partial charge in [0, 0.05) is 17.0 Å². The van der Waals surface area contributed by atoms with Gasteiger partial charge in [0.25, 0.3) is 0 Å². The van der Waals surface area contributed by atoms with Crippen molar-refractivity contribution in [3.63, 3.8) is 0 Å². The Kier molecular flexibility index (Phi) is 3.28. The molecule has 0 radical (unpaired) electrons. The van der Waals surface area contributed by atoms with Gasteiger partial charge in [0.05, 0.1) is 0 Å². The summed E-state index contributed by atoms with van der Waals surface area (Å²) in [4.78, 5) is 2.54. The van der Waals surface area contributed by atoms with E-state index >= 15 is 0 Å². The molecule has 3 unspecified atom stereocenters. The van der Waals surface area contributed by atoms with Crippen molar-refractivity contribution in [2.24, 2.45) is 5.92 Å². The molecule has 0 saturated carbocycles. The van der Waals surface area contributed by atoms with E-state index in [1.807, 2.05) is 12.1 Å². The second-order valence-corrected chi connectivity index (χ2v) is 6.83. The summed E-state index contributed by atoms with van der Waals surface area (Å²) in [7, 11) is 2.28. The van der Waals surface area contributed by atoms with Crippen LogP contribution in [0.15, 0.2) is 48.5 Å². The Labute approximate surface area is 131 Å². The molecule has 1 aliphatic heterocycles. The van der Waals surface area contributed by atoms with Gasteiger partial charge >= 0.3 is 0 Å². The van der Waals surface area contributed by atoms with Crippen LogP contribution < -0.4 is 0 Å². The van der Waals surface area contributed by atoms with Gasteiger partial charge in [-0.2, -0.15) is 0 Å². The molecular weight excluding hydrogens is 278 g/mol. The molecule has 0 amide bonds. The Morgan fingerprint density at radius 1 is 1.00 bits per heavy atom. The van der Waals surface area contributed by atoms with Gasteiger partial charge < -0.3 is 0 Å². The molecule has 0 bridgehead atoms. The minimum absolute atomic E-state index is 0.520. The van der Waals surface area contributed by atoms with Crippen molar-refractivity contribution in [1.82, 2.24) is 4.90 Å². The zero-order valence-electron chi connectivity index (χ0n) is 12.3. The first-order chi connectivity index (χ1) is 10.3. The van der Waals surface area contributed by atoms with E-state index in [-0.39, 0.29) is 0 Å². The zero-order valence-corrected chi connectivity index (χ0v) is 13.1. The van der Waals surface area contributed by atoms with Crippen LogP contribution in [0.1, 0.15) is 41.5 Å². The van der Waals surface area contributed by atoms with Crippen molar-refractivity contribution >= 4 is 11.6 Å². The predicted molar refractivity (Wildman–Crippen MR) is 87.8 cm³/mol. The first-order valence-electron chi connectivity index (χ1n) is 7.80. The fourth-order valence-corrected chi connectivity index (χ4v) is 4.53. The second-order valence-electron chi connectivity index (χ2n) is 6.39. The summed E-state index contributed by atoms with van der Waals surface area (Å²) in [6.07, 6.45) is 2.62. The van der Waals surface area contributed by atoms with Crippen LogP contribution in [0.4, 0.5) is 0 Å². The van der Waals surface area contributed by atoms with Crippen LogP contribution in [0.3, 0.4) is 0 Å². The first-order valence-corrected chi connectivity index (χ1v) is 8.18. The van der Waals surface area contributed by atoms with Gasteiger partial charge in [0.15, 0.2) is 0 Å². The molecule has 1 aliphatic carbocycles. The van der Waals surface area contributed by atoms with E-state index in [0.717, 1.165) is 5.02 Å². The first kappa shape index (κ1) is 13.4. The highest BCUT2D eigenvalue weighted by Gasteiger charge is 2.44. The molecule has 1 nitrogen and oxygen atoms in total. The predicted octanol–water partition coefficient (Wildman–Crippen LogP) is 4.87. The number of likely N-dealkylation sites (tertiary alicyclic amines) is 1. The van der Waals surface area contributed by atoms with Gasteiger partial charge in [0.1, 0.15) is 0 Å². The summed E-state index contributed by atoms with van der Waals surface area (Å²) in [5.41, 5.74) is 4.46. The summed E-state index contributed by atoms with van der Waals surface area (Å²) >= 11 is 6.07. The number of piperidine rings is 1. The number of hydrogen-bond acceptors (Lipinski definition) is 1. The lowest BCUT2D eigenvalue weighted by Gasteiger charge is -2.37. The highest BCUT2D eigenvalue weighted by Crippen LogP contribution is 2.54. The third kappa shape index (κ3) is 2.11. The molecule has 1 saturated heterocycles. The second kappa shape index (κ2) is 5.15. The average molecular weight is 298 g/mol. The van der Waals surface area contributed by atoms with E-state index in [1.165, 1.54) is 36.1 Å². The highest BCUT2D eigenvalue weighted by atomic mass is 35.5. The minimum Gasteiger partial charge on any atom is -0.299 e. The topological polar surface area (TPSA) is 3.24 Å². The van der Waals surface area contributed by atoms with Gasteiger partial charge in [-0.25, -0.2) is 0 Å². The van der Waals surface area contributed by atoms with Crippen molar-refractivity contribution in [1.29, 1.82) is 0 Å². The van der Waals surface area contributed by atoms with E-state index < -0.39 is 0 Å². The summed E-state index contributed by atoms with van der Waals surface area (Å²) < 4.78 is 0. The lowest BCUT2D eigenvalue weighted by molar-refractivity contribution is 0.127. The number of benzene rings is 2. The fourth-order valence-electron chi connectivity index (χ4n) is 4.41. The Morgan fingerprint density at radius 3 is 2.48 bits per heavy atom. The molecule has 2 aromatic rings. The molecule has 2 heteroatoms. The number of halogens is 1. The van der Waals surface area contributed by atoms with Crippen molar-refractivity contribution in [3.05, 3.63) is 70.2 Å². The van der Waals surface area contributed by atoms with Gasteiger partial charge in [-0.15, -0.1) is 0 Å². The molecule has 21 heavy (non-hydrogen) atoms. The smallest absolute Gasteiger partial charge is 0.0406 e. The lowest BCUT2D eigenvalue weighted by Crippen LogP contribution is -2.34. The van der Waals surface area contributed by atoms with Crippen molar-refractivity contribution in [2.45, 2.75) is 24.8 Å². The van der Waals surface area contributed by atoms with Crippen LogP contribution in [-0.2, 0) is 0 Å². The largest absolute Gasteiger partial charge is 0.299 e. The van der Waals surface area contributed by atoms with Gasteiger partial charge in [0.2, 0.25) is 0 Å². The summed E-state index contributed by atoms with van der Waals surface area (Å²) in [5.74, 6) is 1.22. The minimum atomic E-state index is 0.520. The Bertz CT molecular complexity index is 649. The number of nitrogens with zero attached hydrogens (tertiary/aromatic N) is 1. The standard InChI is InChI=1S/C19H20ClN/c1-21-12-4-7-17-18(13-8-10-14(20)11-9-13)15-5-2-3-6-16(15)19(17)21/h2-3,5-6,8-11,17-19H,4,7,12H2,1H3. The molecule has 0 aromatic heterocycles. The molecule has 108 valence electrons. The normalized spacial score (nSPS) is 28.2. The molecular formula is C19H20ClN. The van der Waals surface area contributed by atoms with Crippen LogP contribution in [0.5, 0.6) is 0 Å². The molecule has 4 rings (SSSR count). The van der Waals surface area contributed by atoms with Crippen LogP contribution in [0, 0.1) is 5.92 Å². The summed E-state index contributed by atoms with van der Waals surface area (Å²) in [6.45, 7) is 1.21.